The van der Waals surface area contributed by atoms with Gasteiger partial charge in [-0.2, -0.15) is 0 Å². The van der Waals surface area contributed by atoms with Gasteiger partial charge >= 0.3 is 0 Å². The van der Waals surface area contributed by atoms with Gasteiger partial charge in [0.05, 0.1) is 6.54 Å². The van der Waals surface area contributed by atoms with E-state index in [1.54, 1.807) is 0 Å². The minimum atomic E-state index is 0.963. The zero-order valence-corrected chi connectivity index (χ0v) is 8.82. The summed E-state index contributed by atoms with van der Waals surface area (Å²) in [5, 5.41) is 0. The van der Waals surface area contributed by atoms with Gasteiger partial charge in [0.2, 0.25) is 0 Å². The first-order chi connectivity index (χ1) is 7.40. The van der Waals surface area contributed by atoms with Crippen LogP contribution in [-0.4, -0.2) is 6.54 Å². The van der Waals surface area contributed by atoms with Crippen molar-refractivity contribution in [3.05, 3.63) is 60.2 Å². The molecule has 76 valence electrons. The van der Waals surface area contributed by atoms with Gasteiger partial charge in [-0.25, -0.2) is 0 Å². The molecule has 1 heteroatoms. The van der Waals surface area contributed by atoms with Crippen LogP contribution in [0, 0.1) is 0 Å². The SMILES string of the molecule is [NH3+]CCc1ccc(-c2ccccc2)cc1. The Hall–Kier alpha value is -1.60. The Morgan fingerprint density at radius 1 is 0.733 bits per heavy atom. The first kappa shape index (κ1) is 9.94. The standard InChI is InChI=1S/C14H15N/c15-11-10-12-6-8-14(9-7-12)13-4-2-1-3-5-13/h1-9H,10-11,15H2/p+1. The zero-order valence-electron chi connectivity index (χ0n) is 8.82. The molecule has 2 rings (SSSR count). The summed E-state index contributed by atoms with van der Waals surface area (Å²) in [5.41, 5.74) is 7.78. The van der Waals surface area contributed by atoms with Crippen LogP contribution in [0.5, 0.6) is 0 Å². The van der Waals surface area contributed by atoms with Crippen LogP contribution in [0.2, 0.25) is 0 Å². The van der Waals surface area contributed by atoms with E-state index in [4.69, 9.17) is 0 Å². The van der Waals surface area contributed by atoms with Crippen LogP contribution in [0.15, 0.2) is 54.6 Å². The summed E-state index contributed by atoms with van der Waals surface area (Å²) in [6, 6.07) is 19.2. The van der Waals surface area contributed by atoms with Crippen LogP contribution in [0.4, 0.5) is 0 Å². The van der Waals surface area contributed by atoms with Crippen molar-refractivity contribution in [2.24, 2.45) is 0 Å². The summed E-state index contributed by atoms with van der Waals surface area (Å²) in [6.45, 7) is 0.963. The smallest absolute Gasteiger partial charge is 0.0780 e. The van der Waals surface area contributed by atoms with Crippen LogP contribution in [0.1, 0.15) is 5.56 Å². The van der Waals surface area contributed by atoms with Gasteiger partial charge in [0, 0.05) is 6.42 Å². The van der Waals surface area contributed by atoms with E-state index in [1.807, 2.05) is 6.07 Å². The molecule has 3 N–H and O–H groups in total. The first-order valence-electron chi connectivity index (χ1n) is 5.34. The highest BCUT2D eigenvalue weighted by Crippen LogP contribution is 2.19. The van der Waals surface area contributed by atoms with Crippen molar-refractivity contribution < 1.29 is 5.73 Å². The molecule has 0 radical (unpaired) electrons. The number of hydrogen-bond acceptors (Lipinski definition) is 0. The molecule has 0 atom stereocenters. The highest BCUT2D eigenvalue weighted by Gasteiger charge is 1.96. The third-order valence-electron chi connectivity index (χ3n) is 2.53. The van der Waals surface area contributed by atoms with E-state index < -0.39 is 0 Å². The lowest BCUT2D eigenvalue weighted by Crippen LogP contribution is -2.51. The predicted molar refractivity (Wildman–Crippen MR) is 63.3 cm³/mol. The van der Waals surface area contributed by atoms with E-state index in [1.165, 1.54) is 16.7 Å². The van der Waals surface area contributed by atoms with Gasteiger partial charge in [0.25, 0.3) is 0 Å². The molecule has 2 aromatic carbocycles. The lowest BCUT2D eigenvalue weighted by molar-refractivity contribution is -0.366. The molecule has 0 unspecified atom stereocenters. The topological polar surface area (TPSA) is 27.6 Å². The molecule has 0 heterocycles. The molecule has 0 fully saturated rings. The van der Waals surface area contributed by atoms with Crippen molar-refractivity contribution in [2.45, 2.75) is 6.42 Å². The molecule has 0 saturated heterocycles. The maximum Gasteiger partial charge on any atom is 0.0780 e. The Bertz CT molecular complexity index is 403. The summed E-state index contributed by atoms with van der Waals surface area (Å²) in [4.78, 5) is 0. The Morgan fingerprint density at radius 2 is 1.33 bits per heavy atom. The fraction of sp³-hybridized carbons (Fsp3) is 0.143. The van der Waals surface area contributed by atoms with E-state index in [0.29, 0.717) is 0 Å². The van der Waals surface area contributed by atoms with E-state index in [2.05, 4.69) is 54.3 Å². The molecular weight excluding hydrogens is 182 g/mol. The Balaban J connectivity index is 2.24. The maximum atomic E-state index is 3.86. The van der Waals surface area contributed by atoms with Crippen molar-refractivity contribution in [1.82, 2.24) is 0 Å². The molecule has 0 spiro atoms. The number of rotatable bonds is 3. The van der Waals surface area contributed by atoms with E-state index in [-0.39, 0.29) is 0 Å². The number of hydrogen-bond donors (Lipinski definition) is 1. The van der Waals surface area contributed by atoms with Crippen LogP contribution in [0.3, 0.4) is 0 Å². The van der Waals surface area contributed by atoms with E-state index >= 15 is 0 Å². The third kappa shape index (κ3) is 2.45. The minimum Gasteiger partial charge on any atom is -0.357 e. The van der Waals surface area contributed by atoms with Gasteiger partial charge in [-0.05, 0) is 16.7 Å². The lowest BCUT2D eigenvalue weighted by Gasteiger charge is -2.02. The first-order valence-corrected chi connectivity index (χ1v) is 5.34. The summed E-state index contributed by atoms with van der Waals surface area (Å²) in [6.07, 6.45) is 1.06. The van der Waals surface area contributed by atoms with Gasteiger partial charge in [-0.15, -0.1) is 0 Å². The maximum absolute atomic E-state index is 3.86. The van der Waals surface area contributed by atoms with E-state index in [9.17, 15) is 0 Å². The summed E-state index contributed by atoms with van der Waals surface area (Å²) < 4.78 is 0. The van der Waals surface area contributed by atoms with Crippen molar-refractivity contribution >= 4 is 0 Å². The lowest BCUT2D eigenvalue weighted by atomic mass is 10.0. The highest BCUT2D eigenvalue weighted by atomic mass is 14.5. The van der Waals surface area contributed by atoms with Gasteiger partial charge in [0.15, 0.2) is 0 Å². The summed E-state index contributed by atoms with van der Waals surface area (Å²) >= 11 is 0. The molecule has 1 nitrogen and oxygen atoms in total. The van der Waals surface area contributed by atoms with Gasteiger partial charge in [-0.1, -0.05) is 54.6 Å². The monoisotopic (exact) mass is 198 g/mol. The number of quaternary nitrogens is 1. The molecule has 0 saturated carbocycles. The molecule has 0 aromatic heterocycles. The molecule has 0 amide bonds. The Morgan fingerprint density at radius 3 is 1.93 bits per heavy atom. The second kappa shape index (κ2) is 4.76. The Kier molecular flexibility index (Phi) is 3.15. The van der Waals surface area contributed by atoms with Crippen LogP contribution >= 0.6 is 0 Å². The summed E-state index contributed by atoms with van der Waals surface area (Å²) in [5.74, 6) is 0. The predicted octanol–water partition coefficient (Wildman–Crippen LogP) is 2.14. The average molecular weight is 198 g/mol. The quantitative estimate of drug-likeness (QED) is 0.782. The van der Waals surface area contributed by atoms with Crippen molar-refractivity contribution in [3.8, 4) is 11.1 Å². The number of benzene rings is 2. The normalized spacial score (nSPS) is 10.2. The van der Waals surface area contributed by atoms with Crippen molar-refractivity contribution in [1.29, 1.82) is 0 Å². The minimum absolute atomic E-state index is 0.963. The fourth-order valence-electron chi connectivity index (χ4n) is 1.70. The second-order valence-corrected chi connectivity index (χ2v) is 3.67. The van der Waals surface area contributed by atoms with Gasteiger partial charge in [0.1, 0.15) is 0 Å². The van der Waals surface area contributed by atoms with E-state index in [0.717, 1.165) is 13.0 Å². The van der Waals surface area contributed by atoms with Crippen molar-refractivity contribution in [2.75, 3.05) is 6.54 Å². The van der Waals surface area contributed by atoms with Crippen molar-refractivity contribution in [3.63, 3.8) is 0 Å². The fourth-order valence-corrected chi connectivity index (χ4v) is 1.70. The third-order valence-corrected chi connectivity index (χ3v) is 2.53. The van der Waals surface area contributed by atoms with Gasteiger partial charge < -0.3 is 5.73 Å². The van der Waals surface area contributed by atoms with Crippen LogP contribution in [-0.2, 0) is 6.42 Å². The van der Waals surface area contributed by atoms with Gasteiger partial charge in [-0.3, -0.25) is 0 Å². The van der Waals surface area contributed by atoms with Crippen LogP contribution < -0.4 is 5.73 Å². The molecule has 15 heavy (non-hydrogen) atoms. The molecular formula is C14H16N+. The molecule has 0 aliphatic rings. The Labute approximate surface area is 90.6 Å². The second-order valence-electron chi connectivity index (χ2n) is 3.67. The molecule has 0 aliphatic heterocycles. The molecule has 0 aliphatic carbocycles. The largest absolute Gasteiger partial charge is 0.357 e. The zero-order chi connectivity index (χ0) is 10.5. The average Bonchev–Trinajstić information content (AvgIpc) is 2.32. The summed E-state index contributed by atoms with van der Waals surface area (Å²) in [7, 11) is 0. The highest BCUT2D eigenvalue weighted by molar-refractivity contribution is 5.63. The molecule has 2 aromatic rings. The van der Waals surface area contributed by atoms with Crippen LogP contribution in [0.25, 0.3) is 11.1 Å². The molecule has 0 bridgehead atoms.